The van der Waals surface area contributed by atoms with Gasteiger partial charge in [0.15, 0.2) is 0 Å². The molecule has 0 aromatic heterocycles. The van der Waals surface area contributed by atoms with Crippen LogP contribution >= 0.6 is 24.2 Å². The van der Waals surface area contributed by atoms with E-state index in [1.165, 1.54) is 0 Å². The maximum absolute atomic E-state index is 11.9. The van der Waals surface area contributed by atoms with E-state index >= 15 is 0 Å². The molecule has 0 aromatic carbocycles. The number of thioether (sulfide) groups is 1. The van der Waals surface area contributed by atoms with Gasteiger partial charge in [-0.2, -0.15) is 0 Å². The molecule has 1 unspecified atom stereocenters. The van der Waals surface area contributed by atoms with Crippen LogP contribution in [-0.4, -0.2) is 47.0 Å². The Hall–Kier alpha value is 0.0700. The lowest BCUT2D eigenvalue weighted by atomic mass is 10.2. The fraction of sp³-hybridized carbons (Fsp3) is 0.909. The van der Waals surface area contributed by atoms with Gasteiger partial charge in [-0.05, 0) is 6.92 Å². The molecular formula is C11H23ClN2OS. The molecule has 1 heterocycles. The third-order valence-corrected chi connectivity index (χ3v) is 3.71. The first-order valence-electron chi connectivity index (χ1n) is 5.54. The summed E-state index contributed by atoms with van der Waals surface area (Å²) in [6, 6.07) is 0.340. The first kappa shape index (κ1) is 16.1. The number of carbonyl (C=O) groups is 1. The number of carbonyl (C=O) groups excluding carboxylic acids is 1. The first-order chi connectivity index (χ1) is 6.90. The lowest BCUT2D eigenvalue weighted by molar-refractivity contribution is -0.131. The Morgan fingerprint density at radius 3 is 2.62 bits per heavy atom. The van der Waals surface area contributed by atoms with E-state index in [0.29, 0.717) is 11.8 Å². The molecule has 16 heavy (non-hydrogen) atoms. The standard InChI is InChI=1S/C11H22N2OS.ClH/c1-9-7-12-5-6-13(9)10(14)8-15-11(2,3)4;/h9,12H,5-8H2,1-4H3;1H. The number of nitrogens with one attached hydrogen (secondary N) is 1. The zero-order valence-electron chi connectivity index (χ0n) is 10.6. The van der Waals surface area contributed by atoms with Gasteiger partial charge in [0.25, 0.3) is 0 Å². The van der Waals surface area contributed by atoms with Gasteiger partial charge in [0.2, 0.25) is 5.91 Å². The molecule has 0 aromatic rings. The van der Waals surface area contributed by atoms with Crippen LogP contribution in [0.2, 0.25) is 0 Å². The quantitative estimate of drug-likeness (QED) is 0.827. The Morgan fingerprint density at radius 2 is 2.12 bits per heavy atom. The third-order valence-electron chi connectivity index (χ3n) is 2.45. The second kappa shape index (κ2) is 6.72. The highest BCUT2D eigenvalue weighted by Gasteiger charge is 2.24. The highest BCUT2D eigenvalue weighted by Crippen LogP contribution is 2.23. The van der Waals surface area contributed by atoms with Crippen molar-refractivity contribution in [2.45, 2.75) is 38.5 Å². The molecule has 1 atom stereocenters. The van der Waals surface area contributed by atoms with Crippen LogP contribution in [0.25, 0.3) is 0 Å². The minimum absolute atomic E-state index is 0. The second-order valence-electron chi connectivity index (χ2n) is 5.04. The summed E-state index contributed by atoms with van der Waals surface area (Å²) < 4.78 is 0.174. The summed E-state index contributed by atoms with van der Waals surface area (Å²) in [6.45, 7) is 11.2. The van der Waals surface area contributed by atoms with Crippen LogP contribution in [0.15, 0.2) is 0 Å². The van der Waals surface area contributed by atoms with Crippen molar-refractivity contribution >= 4 is 30.1 Å². The fourth-order valence-electron chi connectivity index (χ4n) is 1.57. The van der Waals surface area contributed by atoms with Crippen LogP contribution in [0.4, 0.5) is 0 Å². The average Bonchev–Trinajstić information content (AvgIpc) is 2.14. The van der Waals surface area contributed by atoms with Gasteiger partial charge in [-0.15, -0.1) is 24.2 Å². The SMILES string of the molecule is CC1CNCCN1C(=O)CSC(C)(C)C.Cl. The van der Waals surface area contributed by atoms with E-state index in [-0.39, 0.29) is 23.1 Å². The number of hydrogen-bond donors (Lipinski definition) is 1. The van der Waals surface area contributed by atoms with E-state index < -0.39 is 0 Å². The topological polar surface area (TPSA) is 32.3 Å². The molecule has 1 aliphatic heterocycles. The van der Waals surface area contributed by atoms with Crippen LogP contribution in [0.5, 0.6) is 0 Å². The zero-order valence-corrected chi connectivity index (χ0v) is 12.2. The molecular weight excluding hydrogens is 244 g/mol. The maximum atomic E-state index is 11.9. The molecule has 1 aliphatic rings. The Morgan fingerprint density at radius 1 is 1.50 bits per heavy atom. The maximum Gasteiger partial charge on any atom is 0.232 e. The Kier molecular flexibility index (Phi) is 6.75. The van der Waals surface area contributed by atoms with E-state index in [1.807, 2.05) is 4.90 Å². The number of amides is 1. The summed E-state index contributed by atoms with van der Waals surface area (Å²) in [6.07, 6.45) is 0. The summed E-state index contributed by atoms with van der Waals surface area (Å²) >= 11 is 1.73. The minimum Gasteiger partial charge on any atom is -0.337 e. The van der Waals surface area contributed by atoms with Crippen molar-refractivity contribution in [2.75, 3.05) is 25.4 Å². The molecule has 1 rings (SSSR count). The highest BCUT2D eigenvalue weighted by molar-refractivity contribution is 8.01. The minimum atomic E-state index is 0. The van der Waals surface area contributed by atoms with Crippen molar-refractivity contribution < 1.29 is 4.79 Å². The molecule has 1 saturated heterocycles. The highest BCUT2D eigenvalue weighted by atomic mass is 35.5. The van der Waals surface area contributed by atoms with Gasteiger partial charge in [-0.25, -0.2) is 0 Å². The van der Waals surface area contributed by atoms with Crippen LogP contribution in [0, 0.1) is 0 Å². The molecule has 0 aliphatic carbocycles. The van der Waals surface area contributed by atoms with Gasteiger partial charge >= 0.3 is 0 Å². The van der Waals surface area contributed by atoms with Gasteiger partial charge in [0.1, 0.15) is 0 Å². The molecule has 5 heteroatoms. The van der Waals surface area contributed by atoms with E-state index in [2.05, 4.69) is 33.0 Å². The van der Waals surface area contributed by atoms with Crippen molar-refractivity contribution in [3.05, 3.63) is 0 Å². The molecule has 0 saturated carbocycles. The molecule has 1 N–H and O–H groups in total. The molecule has 0 bridgehead atoms. The van der Waals surface area contributed by atoms with Crippen molar-refractivity contribution in [3.63, 3.8) is 0 Å². The number of hydrogen-bond acceptors (Lipinski definition) is 3. The van der Waals surface area contributed by atoms with Crippen molar-refractivity contribution in [1.29, 1.82) is 0 Å². The molecule has 0 spiro atoms. The van der Waals surface area contributed by atoms with Crippen molar-refractivity contribution in [3.8, 4) is 0 Å². The van der Waals surface area contributed by atoms with E-state index in [9.17, 15) is 4.79 Å². The normalized spacial score (nSPS) is 21.5. The second-order valence-corrected chi connectivity index (χ2v) is 6.84. The van der Waals surface area contributed by atoms with Crippen LogP contribution < -0.4 is 5.32 Å². The molecule has 1 fully saturated rings. The lowest BCUT2D eigenvalue weighted by Gasteiger charge is -2.34. The third kappa shape index (κ3) is 5.41. The Labute approximate surface area is 109 Å². The largest absolute Gasteiger partial charge is 0.337 e. The molecule has 0 radical (unpaired) electrons. The summed E-state index contributed by atoms with van der Waals surface area (Å²) in [7, 11) is 0. The van der Waals surface area contributed by atoms with E-state index in [0.717, 1.165) is 19.6 Å². The van der Waals surface area contributed by atoms with Gasteiger partial charge in [0, 0.05) is 30.4 Å². The van der Waals surface area contributed by atoms with E-state index in [4.69, 9.17) is 0 Å². The summed E-state index contributed by atoms with van der Waals surface area (Å²) in [4.78, 5) is 13.9. The number of nitrogens with zero attached hydrogens (tertiary/aromatic N) is 1. The summed E-state index contributed by atoms with van der Waals surface area (Å²) in [5.41, 5.74) is 0. The summed E-state index contributed by atoms with van der Waals surface area (Å²) in [5.74, 6) is 0.886. The zero-order chi connectivity index (χ0) is 11.5. The molecule has 96 valence electrons. The predicted molar refractivity (Wildman–Crippen MR) is 73.5 cm³/mol. The van der Waals surface area contributed by atoms with Gasteiger partial charge in [-0.3, -0.25) is 4.79 Å². The number of rotatable bonds is 2. The Balaban J connectivity index is 0.00000225. The fourth-order valence-corrected chi connectivity index (χ4v) is 2.30. The van der Waals surface area contributed by atoms with Gasteiger partial charge < -0.3 is 10.2 Å². The first-order valence-corrected chi connectivity index (χ1v) is 6.53. The van der Waals surface area contributed by atoms with Crippen molar-refractivity contribution in [1.82, 2.24) is 10.2 Å². The van der Waals surface area contributed by atoms with Crippen LogP contribution in [0.1, 0.15) is 27.7 Å². The predicted octanol–water partition coefficient (Wildman–Crippen LogP) is 1.76. The monoisotopic (exact) mass is 266 g/mol. The molecule has 3 nitrogen and oxygen atoms in total. The van der Waals surface area contributed by atoms with Crippen molar-refractivity contribution in [2.24, 2.45) is 0 Å². The number of piperazine rings is 1. The average molecular weight is 267 g/mol. The number of halogens is 1. The smallest absolute Gasteiger partial charge is 0.232 e. The van der Waals surface area contributed by atoms with Crippen LogP contribution in [0.3, 0.4) is 0 Å². The van der Waals surface area contributed by atoms with E-state index in [1.54, 1.807) is 11.8 Å². The lowest BCUT2D eigenvalue weighted by Crippen LogP contribution is -2.52. The van der Waals surface area contributed by atoms with Gasteiger partial charge in [0.05, 0.1) is 5.75 Å². The van der Waals surface area contributed by atoms with Gasteiger partial charge in [-0.1, -0.05) is 20.8 Å². The Bertz CT molecular complexity index is 231. The molecule has 1 amide bonds. The summed E-state index contributed by atoms with van der Waals surface area (Å²) in [5, 5.41) is 3.29. The van der Waals surface area contributed by atoms with Crippen LogP contribution in [-0.2, 0) is 4.79 Å².